The van der Waals surface area contributed by atoms with Gasteiger partial charge >= 0.3 is 0 Å². The molecule has 0 bridgehead atoms. The van der Waals surface area contributed by atoms with E-state index in [9.17, 15) is 23.6 Å². The number of ether oxygens (including phenoxy) is 3. The number of likely N-dealkylation sites (N-methyl/N-ethyl adjacent to an activating group) is 1. The number of thiazole rings is 1. The molecule has 3 saturated heterocycles. The molecule has 3 fully saturated rings. The van der Waals surface area contributed by atoms with Crippen molar-refractivity contribution in [3.63, 3.8) is 0 Å². The Balaban J connectivity index is 0.000000160. The monoisotopic (exact) mass is 1410 g/mol. The SMILES string of the molecule is C.CC(=O)N1Cc2ccc(Cl)nc2C1.CC(=O)N1Cc2ccc(O[C@@H]3C[C@H](C)N(C)C3)nc2C1.CC(=O)N1Cc2ccc(O[C@@H]3C[C@H](C)N(Cc4cc5nc(C)sc5cc4F)C3)nc2C1.CC(=O)N1Cc2ccc(O[C@H]3CN[C@@H](C)C3)nc2C1.Cl.Cl.Clc1ccc2c(n1)CNC2. The van der Waals surface area contributed by atoms with Crippen molar-refractivity contribution < 1.29 is 37.8 Å². The molecule has 96 heavy (non-hydrogen) atoms. The molecule has 2 N–H and O–H groups in total. The lowest BCUT2D eigenvalue weighted by atomic mass is 10.1. The number of rotatable bonds is 8. The van der Waals surface area contributed by atoms with Crippen LogP contribution >= 0.6 is 59.4 Å². The average molecular weight is 1420 g/mol. The number of carbonyl (C=O) groups is 4. The Morgan fingerprint density at radius 2 is 0.990 bits per heavy atom. The molecule has 15 rings (SSSR count). The van der Waals surface area contributed by atoms with Gasteiger partial charge in [0.05, 0.1) is 69.9 Å². The Morgan fingerprint density at radius 3 is 1.45 bits per heavy atom. The molecule has 14 heterocycles. The Kier molecular flexibility index (Phi) is 25.8. The van der Waals surface area contributed by atoms with Crippen LogP contribution in [-0.4, -0.2) is 146 Å². The molecule has 27 heteroatoms. The number of halogens is 5. The van der Waals surface area contributed by atoms with E-state index in [0.717, 1.165) is 111 Å². The minimum Gasteiger partial charge on any atom is -0.473 e. The van der Waals surface area contributed by atoms with Gasteiger partial charge in [0.2, 0.25) is 41.3 Å². The standard InChI is InChI=1S/C23H25FN4O2S.C15H21N3O2.C14H19N3O2.C9H9ClN2O.C7H7ClN2.CH4.2ClH/c1-13-6-18(30-23-5-4-16-9-28(15(3)29)12-21(16)26-23)11-27(13)10-17-7-20-22(8-19(17)24)31-14(2)25-20;1-10-6-13(8-17(10)3)20-15-5-4-12-7-18(11(2)19)9-14(12)16-15;1-9-5-12(6-15-9)19-14-4-3-11-7-17(10(2)18)8-13(11)16-14;1-6(13)12-4-7-2-3-9(10)11-8(7)5-12;8-7-2-1-5-3-9-4-6(5)10-7;;;/h4-5,7-8,13,18H,6,9-12H2,1-3H3;4-5,10,13H,6-9H2,1-3H3;3-4,9,12,15H,5-8H2,1-2H3;2-3H,4-5H2,1H3;1-2,9H,3-4H2;1H4;2*1H/t13-,18+;10-,13+;9-,12+;;;;;/m000...../s1. The van der Waals surface area contributed by atoms with Gasteiger partial charge in [-0.25, -0.2) is 34.3 Å². The van der Waals surface area contributed by atoms with Crippen molar-refractivity contribution in [2.45, 2.75) is 191 Å². The van der Waals surface area contributed by atoms with Crippen LogP contribution in [0.1, 0.15) is 142 Å². The number of nitrogens with zero attached hydrogens (tertiary/aromatic N) is 12. The zero-order valence-corrected chi connectivity index (χ0v) is 59.0. The summed E-state index contributed by atoms with van der Waals surface area (Å²) in [6.45, 7) is 24.6. The summed E-state index contributed by atoms with van der Waals surface area (Å²) >= 11 is 12.9. The summed E-state index contributed by atoms with van der Waals surface area (Å²) in [6, 6.07) is 24.1. The van der Waals surface area contributed by atoms with Crippen LogP contribution in [-0.2, 0) is 91.2 Å². The summed E-state index contributed by atoms with van der Waals surface area (Å²) in [5.41, 5.74) is 12.1. The zero-order valence-electron chi connectivity index (χ0n) is 55.0. The van der Waals surface area contributed by atoms with Crippen molar-refractivity contribution in [3.8, 4) is 17.6 Å². The molecule has 0 unspecified atom stereocenters. The highest BCUT2D eigenvalue weighted by Gasteiger charge is 2.34. The van der Waals surface area contributed by atoms with E-state index >= 15 is 0 Å². The van der Waals surface area contributed by atoms with Crippen LogP contribution in [0, 0.1) is 12.7 Å². The van der Waals surface area contributed by atoms with Crippen LogP contribution < -0.4 is 24.8 Å². The molecular formula is C69H87Cl4FN14O7S. The summed E-state index contributed by atoms with van der Waals surface area (Å²) < 4.78 is 33.6. The number of nitrogens with one attached hydrogen (secondary N) is 2. The van der Waals surface area contributed by atoms with Crippen LogP contribution in [0.15, 0.2) is 72.8 Å². The van der Waals surface area contributed by atoms with Gasteiger partial charge in [0.15, 0.2) is 0 Å². The number of hydrogen-bond donors (Lipinski definition) is 2. The van der Waals surface area contributed by atoms with E-state index in [0.29, 0.717) is 111 Å². The smallest absolute Gasteiger partial charge is 0.220 e. The maximum absolute atomic E-state index is 14.7. The van der Waals surface area contributed by atoms with Crippen LogP contribution in [0.3, 0.4) is 0 Å². The maximum Gasteiger partial charge on any atom is 0.220 e. The Bertz CT molecular complexity index is 3920. The first-order chi connectivity index (χ1) is 44.5. The van der Waals surface area contributed by atoms with Crippen LogP contribution in [0.25, 0.3) is 10.2 Å². The molecule has 0 spiro atoms. The molecule has 0 aliphatic carbocycles. The predicted octanol–water partition coefficient (Wildman–Crippen LogP) is 10.9. The van der Waals surface area contributed by atoms with Gasteiger partial charge in [-0.1, -0.05) is 42.8 Å². The highest BCUT2D eigenvalue weighted by atomic mass is 35.5. The van der Waals surface area contributed by atoms with Gasteiger partial charge in [0.1, 0.15) is 34.4 Å². The lowest BCUT2D eigenvalue weighted by molar-refractivity contribution is -0.130. The van der Waals surface area contributed by atoms with Gasteiger partial charge in [-0.05, 0) is 105 Å². The van der Waals surface area contributed by atoms with E-state index < -0.39 is 0 Å². The van der Waals surface area contributed by atoms with Crippen molar-refractivity contribution in [1.29, 1.82) is 0 Å². The van der Waals surface area contributed by atoms with E-state index in [1.54, 1.807) is 59.4 Å². The predicted molar refractivity (Wildman–Crippen MR) is 374 cm³/mol. The van der Waals surface area contributed by atoms with Gasteiger partial charge in [-0.15, -0.1) is 36.2 Å². The van der Waals surface area contributed by atoms with Crippen molar-refractivity contribution in [2.75, 3.05) is 26.7 Å². The largest absolute Gasteiger partial charge is 0.473 e. The molecule has 21 nitrogen and oxygen atoms in total. The van der Waals surface area contributed by atoms with Crippen molar-refractivity contribution in [1.82, 2.24) is 69.9 Å². The van der Waals surface area contributed by atoms with Crippen molar-refractivity contribution in [3.05, 3.63) is 156 Å². The Labute approximate surface area is 588 Å². The van der Waals surface area contributed by atoms with E-state index in [2.05, 4.69) is 78.2 Å². The first kappa shape index (κ1) is 74.9. The quantitative estimate of drug-likeness (QED) is 0.135. The van der Waals surface area contributed by atoms with Crippen LogP contribution in [0.5, 0.6) is 17.6 Å². The Hall–Kier alpha value is -6.93. The fourth-order valence-corrected chi connectivity index (χ4v) is 13.8. The van der Waals surface area contributed by atoms with E-state index in [4.69, 9.17) is 37.4 Å². The van der Waals surface area contributed by atoms with Gasteiger partial charge < -0.3 is 44.4 Å². The van der Waals surface area contributed by atoms with Crippen LogP contribution in [0.4, 0.5) is 4.39 Å². The lowest BCUT2D eigenvalue weighted by Crippen LogP contribution is -2.28. The number of amides is 4. The van der Waals surface area contributed by atoms with Crippen molar-refractivity contribution in [2.24, 2.45) is 0 Å². The van der Waals surface area contributed by atoms with Gasteiger partial charge in [0.25, 0.3) is 0 Å². The highest BCUT2D eigenvalue weighted by molar-refractivity contribution is 7.18. The van der Waals surface area contributed by atoms with Gasteiger partial charge in [-0.3, -0.25) is 29.0 Å². The zero-order chi connectivity index (χ0) is 65.8. The van der Waals surface area contributed by atoms with E-state index in [1.807, 2.05) is 67.6 Å². The number of hydrogen-bond acceptors (Lipinski definition) is 18. The summed E-state index contributed by atoms with van der Waals surface area (Å²) in [5, 5.41) is 8.57. The minimum atomic E-state index is -0.178. The second kappa shape index (κ2) is 33.1. The van der Waals surface area contributed by atoms with Crippen molar-refractivity contribution >= 4 is 93.2 Å². The minimum absolute atomic E-state index is 0. The molecule has 7 aromatic rings. The topological polar surface area (TPSA) is 217 Å². The molecule has 0 radical (unpaired) electrons. The fourth-order valence-electron chi connectivity index (χ4n) is 12.7. The number of carbonyl (C=O) groups excluding carboxylic acids is 4. The number of aryl methyl sites for hydroxylation is 1. The molecule has 1 aromatic carbocycles. The Morgan fingerprint density at radius 1 is 0.552 bits per heavy atom. The van der Waals surface area contributed by atoms with Gasteiger partial charge in [-0.2, -0.15) is 0 Å². The summed E-state index contributed by atoms with van der Waals surface area (Å²) in [6.07, 6.45) is 3.32. The second-order valence-electron chi connectivity index (χ2n) is 25.3. The second-order valence-corrected chi connectivity index (χ2v) is 27.3. The number of pyridine rings is 5. The molecule has 516 valence electrons. The summed E-state index contributed by atoms with van der Waals surface area (Å²) in [4.78, 5) is 83.7. The lowest BCUT2D eigenvalue weighted by Gasteiger charge is -2.21. The summed E-state index contributed by atoms with van der Waals surface area (Å²) in [7, 11) is 2.12. The number of fused-ring (bicyclic) bond motifs is 6. The number of aromatic nitrogens is 6. The molecule has 4 amide bonds. The van der Waals surface area contributed by atoms with Crippen LogP contribution in [0.2, 0.25) is 10.3 Å². The molecule has 6 aromatic heterocycles. The fraction of sp³-hybridized carbons (Fsp3) is 0.478. The molecule has 6 atom stereocenters. The third-order valence-corrected chi connectivity index (χ3v) is 19.5. The summed E-state index contributed by atoms with van der Waals surface area (Å²) in [5.74, 6) is 2.09. The van der Waals surface area contributed by atoms with E-state index in [1.165, 1.54) is 16.9 Å². The normalized spacial score (nSPS) is 20.8. The molecular weight excluding hydrogens is 1330 g/mol. The molecule has 0 saturated carbocycles. The molecule has 8 aliphatic heterocycles. The maximum atomic E-state index is 14.7. The first-order valence-electron chi connectivity index (χ1n) is 31.7. The van der Waals surface area contributed by atoms with E-state index in [-0.39, 0.29) is 86.0 Å². The third-order valence-electron chi connectivity index (χ3n) is 18.1. The average Bonchev–Trinajstić information content (AvgIpc) is 1.67. The molecule has 8 aliphatic rings. The third kappa shape index (κ3) is 18.8. The highest BCUT2D eigenvalue weighted by Crippen LogP contribution is 2.32. The van der Waals surface area contributed by atoms with Gasteiger partial charge in [0, 0.05) is 154 Å². The first-order valence-corrected chi connectivity index (χ1v) is 33.3. The number of likely N-dealkylation sites (tertiary alicyclic amines) is 2. The number of benzene rings is 1.